The fraction of sp³-hybridized carbons (Fsp3) is 1.00. The molecule has 3 rings (SSSR count). The van der Waals surface area contributed by atoms with Crippen LogP contribution in [0.15, 0.2) is 0 Å². The normalized spacial score (nSPS) is 47.5. The van der Waals surface area contributed by atoms with Crippen molar-refractivity contribution in [2.75, 3.05) is 0 Å². The van der Waals surface area contributed by atoms with Gasteiger partial charge in [-0.2, -0.15) is 0 Å². The summed E-state index contributed by atoms with van der Waals surface area (Å²) in [4.78, 5) is 0. The van der Waals surface area contributed by atoms with Crippen molar-refractivity contribution in [3.63, 3.8) is 0 Å². The van der Waals surface area contributed by atoms with Crippen molar-refractivity contribution in [1.29, 1.82) is 0 Å². The maximum Gasteiger partial charge on any atom is 0.134 e. The number of hydrogen-bond acceptors (Lipinski definition) is 0. The van der Waals surface area contributed by atoms with Gasteiger partial charge in [-0.3, -0.25) is 0 Å². The van der Waals surface area contributed by atoms with Crippen molar-refractivity contribution in [2.45, 2.75) is 103 Å². The molecule has 140 valence electrons. The fourth-order valence-corrected chi connectivity index (χ4v) is 6.22. The van der Waals surface area contributed by atoms with Gasteiger partial charge >= 0.3 is 0 Å². The van der Waals surface area contributed by atoms with Gasteiger partial charge < -0.3 is 0 Å². The lowest BCUT2D eigenvalue weighted by Crippen LogP contribution is -2.41. The average Bonchev–Trinajstić information content (AvgIpc) is 2.61. The van der Waals surface area contributed by atoms with Crippen LogP contribution in [-0.2, 0) is 0 Å². The van der Waals surface area contributed by atoms with Crippen molar-refractivity contribution in [2.24, 2.45) is 35.5 Å². The second kappa shape index (κ2) is 8.49. The van der Waals surface area contributed by atoms with Gasteiger partial charge in [-0.1, -0.05) is 39.5 Å². The van der Waals surface area contributed by atoms with Crippen LogP contribution in [0.2, 0.25) is 0 Å². The lowest BCUT2D eigenvalue weighted by atomic mass is 9.64. The molecule has 2 heteroatoms. The fourth-order valence-electron chi connectivity index (χ4n) is 6.22. The molecule has 3 aliphatic rings. The van der Waals surface area contributed by atoms with Gasteiger partial charge in [0.2, 0.25) is 0 Å². The third-order valence-electron chi connectivity index (χ3n) is 7.89. The van der Waals surface area contributed by atoms with E-state index in [1.54, 1.807) is 0 Å². The van der Waals surface area contributed by atoms with Crippen LogP contribution in [0.3, 0.4) is 0 Å². The molecule has 0 aromatic rings. The minimum Gasteiger partial charge on any atom is -0.244 e. The highest BCUT2D eigenvalue weighted by atomic mass is 19.2. The molecule has 24 heavy (non-hydrogen) atoms. The van der Waals surface area contributed by atoms with Gasteiger partial charge in [0.15, 0.2) is 0 Å². The van der Waals surface area contributed by atoms with Crippen molar-refractivity contribution in [3.05, 3.63) is 0 Å². The topological polar surface area (TPSA) is 0 Å². The first-order valence-electron chi connectivity index (χ1n) is 10.9. The van der Waals surface area contributed by atoms with Crippen LogP contribution in [0.4, 0.5) is 8.78 Å². The molecule has 0 nitrogen and oxygen atoms in total. The smallest absolute Gasteiger partial charge is 0.134 e. The number of hydrogen-bond donors (Lipinski definition) is 0. The number of alkyl halides is 2. The van der Waals surface area contributed by atoms with Crippen LogP contribution in [0, 0.1) is 35.5 Å². The molecular formula is C22H38F2. The molecule has 0 radical (unpaired) electrons. The molecule has 0 N–H and O–H groups in total. The van der Waals surface area contributed by atoms with E-state index >= 15 is 0 Å². The van der Waals surface area contributed by atoms with Gasteiger partial charge in [0.1, 0.15) is 12.3 Å². The molecule has 0 aromatic carbocycles. The first-order valence-corrected chi connectivity index (χ1v) is 10.9. The lowest BCUT2D eigenvalue weighted by molar-refractivity contribution is -0.0101. The molecule has 4 unspecified atom stereocenters. The zero-order chi connectivity index (χ0) is 17.1. The van der Waals surface area contributed by atoms with Gasteiger partial charge in [0.25, 0.3) is 0 Å². The van der Waals surface area contributed by atoms with E-state index < -0.39 is 12.3 Å². The Hall–Kier alpha value is -0.140. The van der Waals surface area contributed by atoms with Gasteiger partial charge in [-0.15, -0.1) is 0 Å². The van der Waals surface area contributed by atoms with E-state index in [2.05, 4.69) is 6.92 Å². The summed E-state index contributed by atoms with van der Waals surface area (Å²) in [6.07, 6.45) is 12.8. The van der Waals surface area contributed by atoms with Crippen molar-refractivity contribution in [1.82, 2.24) is 0 Å². The molecule has 0 aromatic heterocycles. The van der Waals surface area contributed by atoms with Gasteiger partial charge in [0, 0.05) is 0 Å². The molecule has 3 fully saturated rings. The predicted octanol–water partition coefficient (Wildman–Crippen LogP) is 7.12. The summed E-state index contributed by atoms with van der Waals surface area (Å²) in [7, 11) is 0. The van der Waals surface area contributed by atoms with Crippen LogP contribution in [0.25, 0.3) is 0 Å². The Kier molecular flexibility index (Phi) is 6.60. The molecule has 4 atom stereocenters. The van der Waals surface area contributed by atoms with Gasteiger partial charge in [-0.25, -0.2) is 8.78 Å². The Labute approximate surface area is 148 Å². The minimum atomic E-state index is -1.21. The van der Waals surface area contributed by atoms with Gasteiger partial charge in [0.05, 0.1) is 0 Å². The Morgan fingerprint density at radius 2 is 1.21 bits per heavy atom. The standard InChI is InChI=1S/C22H38F2/c1-3-4-16-6-8-17(9-7-16)18-10-12-19(13-11-18)20-14-5-15(2)21(23)22(20)24/h15-22H,3-14H2,1-2H3. The third kappa shape index (κ3) is 4.15. The highest BCUT2D eigenvalue weighted by Gasteiger charge is 2.43. The summed E-state index contributed by atoms with van der Waals surface area (Å²) < 4.78 is 28.5. The Morgan fingerprint density at radius 1 is 0.667 bits per heavy atom. The maximum atomic E-state index is 14.5. The van der Waals surface area contributed by atoms with Crippen LogP contribution >= 0.6 is 0 Å². The van der Waals surface area contributed by atoms with E-state index in [9.17, 15) is 8.78 Å². The van der Waals surface area contributed by atoms with Crippen molar-refractivity contribution >= 4 is 0 Å². The van der Waals surface area contributed by atoms with Crippen molar-refractivity contribution < 1.29 is 8.78 Å². The molecule has 0 heterocycles. The molecule has 0 spiro atoms. The quantitative estimate of drug-likeness (QED) is 0.511. The van der Waals surface area contributed by atoms with E-state index in [1.807, 2.05) is 6.92 Å². The Balaban J connectivity index is 1.45. The SMILES string of the molecule is CCCC1CCC(C2CCC(C3CCC(C)C(F)C3F)CC2)CC1. The molecule has 3 saturated carbocycles. The minimum absolute atomic E-state index is 0.0115. The Bertz CT molecular complexity index is 366. The zero-order valence-corrected chi connectivity index (χ0v) is 15.9. The first-order chi connectivity index (χ1) is 11.6. The van der Waals surface area contributed by atoms with Gasteiger partial charge in [-0.05, 0) is 86.9 Å². The van der Waals surface area contributed by atoms with E-state index in [-0.39, 0.29) is 11.8 Å². The summed E-state index contributed by atoms with van der Waals surface area (Å²) in [5.41, 5.74) is 0. The predicted molar refractivity (Wildman–Crippen MR) is 97.5 cm³/mol. The van der Waals surface area contributed by atoms with Crippen LogP contribution in [0.1, 0.15) is 90.9 Å². The van der Waals surface area contributed by atoms with Crippen LogP contribution in [0.5, 0.6) is 0 Å². The van der Waals surface area contributed by atoms with E-state index in [1.165, 1.54) is 51.4 Å². The highest BCUT2D eigenvalue weighted by molar-refractivity contribution is 4.92. The second-order valence-corrected chi connectivity index (χ2v) is 9.35. The molecule has 0 bridgehead atoms. The Morgan fingerprint density at radius 3 is 1.79 bits per heavy atom. The summed E-state index contributed by atoms with van der Waals surface area (Å²) in [5, 5.41) is 0. The third-order valence-corrected chi connectivity index (χ3v) is 7.89. The number of rotatable bonds is 4. The first kappa shape index (κ1) is 18.6. The summed E-state index contributed by atoms with van der Waals surface area (Å²) in [6.45, 7) is 4.18. The maximum absolute atomic E-state index is 14.5. The average molecular weight is 341 g/mol. The lowest BCUT2D eigenvalue weighted by Gasteiger charge is -2.43. The van der Waals surface area contributed by atoms with Crippen LogP contribution in [-0.4, -0.2) is 12.3 Å². The summed E-state index contributed by atoms with van der Waals surface area (Å²) in [6, 6.07) is 0. The monoisotopic (exact) mass is 340 g/mol. The molecule has 0 saturated heterocycles. The summed E-state index contributed by atoms with van der Waals surface area (Å²) in [5.74, 6) is 3.19. The number of halogens is 2. The van der Waals surface area contributed by atoms with E-state index in [0.717, 1.165) is 43.4 Å². The molecule has 0 aliphatic heterocycles. The summed E-state index contributed by atoms with van der Waals surface area (Å²) >= 11 is 0. The largest absolute Gasteiger partial charge is 0.244 e. The highest BCUT2D eigenvalue weighted by Crippen LogP contribution is 2.47. The van der Waals surface area contributed by atoms with Crippen LogP contribution < -0.4 is 0 Å². The molecule has 0 amide bonds. The molecular weight excluding hydrogens is 302 g/mol. The molecule has 3 aliphatic carbocycles. The van der Waals surface area contributed by atoms with Crippen molar-refractivity contribution in [3.8, 4) is 0 Å². The van der Waals surface area contributed by atoms with E-state index in [0.29, 0.717) is 5.92 Å². The second-order valence-electron chi connectivity index (χ2n) is 9.35. The zero-order valence-electron chi connectivity index (χ0n) is 15.9. The van der Waals surface area contributed by atoms with E-state index in [4.69, 9.17) is 0 Å².